The molecule has 2 atom stereocenters. The molecule has 0 fully saturated rings. The van der Waals surface area contributed by atoms with Crippen LogP contribution in [0.4, 0.5) is 28.4 Å². The highest BCUT2D eigenvalue weighted by Gasteiger charge is 2.31. The minimum absolute atomic E-state index is 0.134. The zero-order valence-corrected chi connectivity index (χ0v) is 70.2. The number of benzene rings is 20. The van der Waals surface area contributed by atoms with Crippen molar-refractivity contribution >= 4 is 99.2 Å². The lowest BCUT2D eigenvalue weighted by Gasteiger charge is -2.37. The molecule has 4 heteroatoms. The molecule has 4 nitrogen and oxygen atoms in total. The summed E-state index contributed by atoms with van der Waals surface area (Å²) in [7, 11) is 0. The zero-order chi connectivity index (χ0) is 84.3. The fourth-order valence-corrected chi connectivity index (χ4v) is 19.6. The van der Waals surface area contributed by atoms with Gasteiger partial charge < -0.3 is 18.9 Å². The molecule has 20 aromatic carbocycles. The molecular formula is C123H86N4. The van der Waals surface area contributed by atoms with Gasteiger partial charge >= 0.3 is 0 Å². The van der Waals surface area contributed by atoms with Crippen LogP contribution >= 0.6 is 0 Å². The summed E-state index contributed by atoms with van der Waals surface area (Å²) < 4.78 is 4.83. The predicted octanol–water partition coefficient (Wildman–Crippen LogP) is 33.5. The molecule has 0 bridgehead atoms. The Morgan fingerprint density at radius 3 is 1.00 bits per heavy atom. The van der Waals surface area contributed by atoms with Crippen LogP contribution in [0.25, 0.3) is 171 Å². The van der Waals surface area contributed by atoms with E-state index in [0.29, 0.717) is 0 Å². The van der Waals surface area contributed by atoms with E-state index < -0.39 is 0 Å². The van der Waals surface area contributed by atoms with E-state index in [1.165, 1.54) is 132 Å². The molecule has 0 spiro atoms. The topological polar surface area (TPSA) is 16.3 Å². The summed E-state index contributed by atoms with van der Waals surface area (Å²) in [4.78, 5) is 4.88. The predicted molar refractivity (Wildman–Crippen MR) is 538 cm³/mol. The van der Waals surface area contributed by atoms with Gasteiger partial charge in [-0.3, -0.25) is 0 Å². The molecule has 598 valence electrons. The summed E-state index contributed by atoms with van der Waals surface area (Å²) in [6.45, 7) is 2.39. The fraction of sp³-hybridized carbons (Fsp3) is 0.0244. The molecule has 0 saturated carbocycles. The summed E-state index contributed by atoms with van der Waals surface area (Å²) in [5.41, 5.74) is 36.1. The molecule has 23 rings (SSSR count). The number of rotatable bonds is 18. The molecule has 0 saturated heterocycles. The smallest absolute Gasteiger partial charge is 0.0541 e. The SMILES string of the molecule is CC1C(N(c2ccc(-c3cccc(-c4ccc5ccccc5c4)c3)cc2)c2ccc(-c3cccc(-n4c5ccccc5c5cc(-c6ccc7cc(-c8cccc(-c9ccc(N(c%10ccc(-c%11cccc(-n%12c%13ccccc%13c%13ccccc%13%12)c%11)cc%10)c%10cccc(-c%11ccccc%11)c%10)cc9)c8)ccc7c6)ccc54)c3)cc2)=CC(c2ccccc2)=CC1c1ccccc1. The molecule has 2 heterocycles. The summed E-state index contributed by atoms with van der Waals surface area (Å²) in [6.07, 6.45) is 4.91. The summed E-state index contributed by atoms with van der Waals surface area (Å²) in [5.74, 6) is 0.273. The van der Waals surface area contributed by atoms with Crippen molar-refractivity contribution in [2.24, 2.45) is 5.92 Å². The third-order valence-electron chi connectivity index (χ3n) is 26.0. The average molecular weight is 1620 g/mol. The van der Waals surface area contributed by atoms with Crippen LogP contribution in [0, 0.1) is 5.92 Å². The summed E-state index contributed by atoms with van der Waals surface area (Å²) in [5, 5.41) is 9.83. The van der Waals surface area contributed by atoms with Gasteiger partial charge in [0.05, 0.1) is 22.1 Å². The Morgan fingerprint density at radius 1 is 0.197 bits per heavy atom. The monoisotopic (exact) mass is 1620 g/mol. The number of anilines is 5. The van der Waals surface area contributed by atoms with E-state index in [-0.39, 0.29) is 11.8 Å². The van der Waals surface area contributed by atoms with Crippen molar-refractivity contribution in [2.45, 2.75) is 12.8 Å². The van der Waals surface area contributed by atoms with Gasteiger partial charge in [-0.1, -0.05) is 347 Å². The minimum Gasteiger partial charge on any atom is -0.314 e. The maximum Gasteiger partial charge on any atom is 0.0541 e. The normalized spacial score (nSPS) is 13.3. The van der Waals surface area contributed by atoms with Crippen LogP contribution in [0.15, 0.2) is 497 Å². The Morgan fingerprint density at radius 2 is 0.512 bits per heavy atom. The zero-order valence-electron chi connectivity index (χ0n) is 70.2. The fourth-order valence-electron chi connectivity index (χ4n) is 19.6. The van der Waals surface area contributed by atoms with E-state index >= 15 is 0 Å². The Kier molecular flexibility index (Phi) is 19.3. The number of allylic oxidation sites excluding steroid dienone is 4. The van der Waals surface area contributed by atoms with Gasteiger partial charge in [0.1, 0.15) is 0 Å². The summed E-state index contributed by atoms with van der Waals surface area (Å²) >= 11 is 0. The Labute approximate surface area is 740 Å². The van der Waals surface area contributed by atoms with Gasteiger partial charge in [-0.25, -0.2) is 0 Å². The first-order valence-electron chi connectivity index (χ1n) is 44.0. The van der Waals surface area contributed by atoms with Crippen LogP contribution in [-0.4, -0.2) is 9.13 Å². The highest BCUT2D eigenvalue weighted by Crippen LogP contribution is 2.48. The van der Waals surface area contributed by atoms with Crippen LogP contribution in [0.2, 0.25) is 0 Å². The number of hydrogen-bond donors (Lipinski definition) is 0. The van der Waals surface area contributed by atoms with E-state index in [4.69, 9.17) is 0 Å². The Balaban J connectivity index is 0.519. The third kappa shape index (κ3) is 14.3. The van der Waals surface area contributed by atoms with Crippen LogP contribution in [-0.2, 0) is 0 Å². The van der Waals surface area contributed by atoms with Crippen LogP contribution in [0.5, 0.6) is 0 Å². The second-order valence-electron chi connectivity index (χ2n) is 33.6. The van der Waals surface area contributed by atoms with Crippen molar-refractivity contribution in [2.75, 3.05) is 9.80 Å². The quantitative estimate of drug-likeness (QED) is 0.0851. The van der Waals surface area contributed by atoms with Crippen LogP contribution in [0.3, 0.4) is 0 Å². The molecule has 127 heavy (non-hydrogen) atoms. The van der Waals surface area contributed by atoms with Gasteiger partial charge in [0.15, 0.2) is 0 Å². The number of hydrogen-bond acceptors (Lipinski definition) is 2. The second-order valence-corrected chi connectivity index (χ2v) is 33.6. The first-order chi connectivity index (χ1) is 62.8. The van der Waals surface area contributed by atoms with Gasteiger partial charge in [0.2, 0.25) is 0 Å². The molecule has 1 aliphatic rings. The van der Waals surface area contributed by atoms with Crippen molar-refractivity contribution in [3.05, 3.63) is 508 Å². The minimum atomic E-state index is 0.134. The van der Waals surface area contributed by atoms with Gasteiger partial charge in [-0.15, -0.1) is 0 Å². The van der Waals surface area contributed by atoms with E-state index in [2.05, 4.69) is 517 Å². The van der Waals surface area contributed by atoms with Gasteiger partial charge in [0.25, 0.3) is 0 Å². The van der Waals surface area contributed by atoms with E-state index in [9.17, 15) is 0 Å². The highest BCUT2D eigenvalue weighted by molar-refractivity contribution is 6.12. The van der Waals surface area contributed by atoms with Gasteiger partial charge in [0, 0.05) is 78.9 Å². The lowest BCUT2D eigenvalue weighted by atomic mass is 9.78. The lowest BCUT2D eigenvalue weighted by molar-refractivity contribution is 0.590. The Bertz CT molecular complexity index is 7940. The Hall–Kier alpha value is -16.4. The number of fused-ring (bicyclic) bond motifs is 8. The third-order valence-corrected chi connectivity index (χ3v) is 26.0. The largest absolute Gasteiger partial charge is 0.314 e. The van der Waals surface area contributed by atoms with Crippen molar-refractivity contribution in [3.8, 4) is 100 Å². The van der Waals surface area contributed by atoms with E-state index in [0.717, 1.165) is 84.3 Å². The van der Waals surface area contributed by atoms with Crippen LogP contribution < -0.4 is 9.80 Å². The number of nitrogens with zero attached hydrogens (tertiary/aromatic N) is 4. The molecule has 22 aromatic rings. The molecule has 1 aliphatic carbocycles. The van der Waals surface area contributed by atoms with Crippen molar-refractivity contribution in [1.82, 2.24) is 9.13 Å². The standard InChI is InChI=1S/C123H86N4/c1-83-117(91-29-9-4-10-30-91)81-106(85-26-7-3-8-27-85)82-123(83)125(109-67-58-88(59-68-109)94-33-19-34-95(72-94)100-49-48-86-28-11-12-31-92(86)74-100)110-69-60-90(61-70-110)99-38-23-41-113(79-99)127-121-47-18-15-44-116(121)118-80-105(62-71-122(118)127)104-53-52-102-75-101(50-51-103(102)76-104)96-35-20-32-93(73-96)87-54-63-107(64-55-87)124(111-39-21-36-97(77-111)84-24-5-2-6-25-84)108-65-56-89(57-66-108)98-37-22-40-112(78-98)126-119-45-16-13-42-114(119)115-43-14-17-46-120(115)126/h2-83,117H,1H3. The van der Waals surface area contributed by atoms with Crippen LogP contribution in [0.1, 0.15) is 24.0 Å². The van der Waals surface area contributed by atoms with Gasteiger partial charge in [-0.2, -0.15) is 0 Å². The lowest BCUT2D eigenvalue weighted by Crippen LogP contribution is -2.27. The van der Waals surface area contributed by atoms with Crippen molar-refractivity contribution in [3.63, 3.8) is 0 Å². The van der Waals surface area contributed by atoms with E-state index in [1.807, 2.05) is 0 Å². The van der Waals surface area contributed by atoms with E-state index in [1.54, 1.807) is 0 Å². The second kappa shape index (κ2) is 32.4. The molecule has 0 radical (unpaired) electrons. The molecular weight excluding hydrogens is 1530 g/mol. The first kappa shape index (κ1) is 75.6. The molecule has 0 N–H and O–H groups in total. The molecule has 2 unspecified atom stereocenters. The summed E-state index contributed by atoms with van der Waals surface area (Å²) in [6, 6.07) is 176. The maximum atomic E-state index is 2.50. The van der Waals surface area contributed by atoms with Crippen molar-refractivity contribution in [1.29, 1.82) is 0 Å². The van der Waals surface area contributed by atoms with Crippen molar-refractivity contribution < 1.29 is 0 Å². The first-order valence-corrected chi connectivity index (χ1v) is 44.0. The van der Waals surface area contributed by atoms with Gasteiger partial charge in [-0.05, 0) is 279 Å². The molecule has 2 aromatic heterocycles. The number of aromatic nitrogens is 2. The average Bonchev–Trinajstić information content (AvgIpc) is 1.65. The highest BCUT2D eigenvalue weighted by atomic mass is 15.2. The molecule has 0 aliphatic heterocycles. The molecule has 0 amide bonds. The number of para-hydroxylation sites is 3. The maximum absolute atomic E-state index is 2.50.